The average Bonchev–Trinajstić information content (AvgIpc) is 2.55. The van der Waals surface area contributed by atoms with Gasteiger partial charge in [-0.3, -0.25) is 4.79 Å². The van der Waals surface area contributed by atoms with E-state index in [1.54, 1.807) is 0 Å². The lowest BCUT2D eigenvalue weighted by molar-refractivity contribution is 0.102. The summed E-state index contributed by atoms with van der Waals surface area (Å²) in [5, 5.41) is 2.59. The zero-order chi connectivity index (χ0) is 17.7. The molecule has 0 fully saturated rings. The topological polar surface area (TPSA) is 75.3 Å². The van der Waals surface area contributed by atoms with Gasteiger partial charge in [-0.05, 0) is 48.4 Å². The van der Waals surface area contributed by atoms with Crippen LogP contribution in [0.5, 0.6) is 0 Å². The number of carbonyl (C=O) groups is 1. The van der Waals surface area contributed by atoms with Crippen LogP contribution in [0.25, 0.3) is 0 Å². The van der Waals surface area contributed by atoms with Crippen molar-refractivity contribution in [1.82, 2.24) is 4.72 Å². The van der Waals surface area contributed by atoms with Gasteiger partial charge in [0.2, 0.25) is 10.0 Å². The van der Waals surface area contributed by atoms with Gasteiger partial charge >= 0.3 is 0 Å². The van der Waals surface area contributed by atoms with E-state index in [-0.39, 0.29) is 16.4 Å². The molecule has 128 valence electrons. The molecule has 0 atom stereocenters. The van der Waals surface area contributed by atoms with Crippen LogP contribution in [0.4, 0.5) is 10.1 Å². The number of rotatable bonds is 6. The molecule has 5 nitrogen and oxygen atoms in total. The summed E-state index contributed by atoms with van der Waals surface area (Å²) in [6, 6.07) is 11.1. The average molecular weight is 350 g/mol. The Morgan fingerprint density at radius 3 is 2.42 bits per heavy atom. The van der Waals surface area contributed by atoms with E-state index in [1.807, 2.05) is 13.8 Å². The number of anilines is 1. The summed E-state index contributed by atoms with van der Waals surface area (Å²) in [5.41, 5.74) is 0.624. The van der Waals surface area contributed by atoms with Gasteiger partial charge in [0.05, 0.1) is 4.90 Å². The van der Waals surface area contributed by atoms with Crippen LogP contribution in [0.3, 0.4) is 0 Å². The molecule has 7 heteroatoms. The Morgan fingerprint density at radius 1 is 1.12 bits per heavy atom. The highest BCUT2D eigenvalue weighted by Gasteiger charge is 2.16. The molecule has 0 bridgehead atoms. The van der Waals surface area contributed by atoms with Crippen molar-refractivity contribution in [3.8, 4) is 0 Å². The summed E-state index contributed by atoms with van der Waals surface area (Å²) >= 11 is 0. The summed E-state index contributed by atoms with van der Waals surface area (Å²) in [4.78, 5) is 12.2. The second kappa shape index (κ2) is 7.55. The molecule has 2 aromatic carbocycles. The third-order valence-electron chi connectivity index (χ3n) is 3.19. The fourth-order valence-corrected chi connectivity index (χ4v) is 3.16. The molecule has 2 rings (SSSR count). The number of hydrogen-bond acceptors (Lipinski definition) is 3. The Kier molecular flexibility index (Phi) is 5.69. The summed E-state index contributed by atoms with van der Waals surface area (Å²) in [6.07, 6.45) is 0. The SMILES string of the molecule is CC(C)CNS(=O)(=O)c1cccc(C(=O)Nc2ccc(F)cc2)c1. The molecule has 24 heavy (non-hydrogen) atoms. The van der Waals surface area contributed by atoms with Gasteiger partial charge in [-0.15, -0.1) is 0 Å². The van der Waals surface area contributed by atoms with E-state index in [0.717, 1.165) is 0 Å². The Morgan fingerprint density at radius 2 is 1.79 bits per heavy atom. The molecule has 0 spiro atoms. The third-order valence-corrected chi connectivity index (χ3v) is 4.61. The highest BCUT2D eigenvalue weighted by atomic mass is 32.2. The van der Waals surface area contributed by atoms with Gasteiger partial charge in [0.1, 0.15) is 5.82 Å². The van der Waals surface area contributed by atoms with E-state index in [9.17, 15) is 17.6 Å². The molecular formula is C17H19FN2O3S. The summed E-state index contributed by atoms with van der Waals surface area (Å²) in [5.74, 6) is -0.704. The molecule has 0 aliphatic rings. The molecule has 0 saturated heterocycles. The summed E-state index contributed by atoms with van der Waals surface area (Å²) < 4.78 is 39.8. The molecule has 0 saturated carbocycles. The van der Waals surface area contributed by atoms with Gasteiger partial charge < -0.3 is 5.32 Å². The first-order chi connectivity index (χ1) is 11.3. The van der Waals surface area contributed by atoms with Crippen molar-refractivity contribution in [3.63, 3.8) is 0 Å². The van der Waals surface area contributed by atoms with Crippen molar-refractivity contribution in [2.24, 2.45) is 5.92 Å². The highest BCUT2D eigenvalue weighted by Crippen LogP contribution is 2.14. The lowest BCUT2D eigenvalue weighted by atomic mass is 10.2. The Bertz CT molecular complexity index is 818. The molecule has 2 N–H and O–H groups in total. The molecule has 1 amide bonds. The number of halogens is 1. The monoisotopic (exact) mass is 350 g/mol. The number of amides is 1. The quantitative estimate of drug-likeness (QED) is 0.841. The van der Waals surface area contributed by atoms with Crippen LogP contribution in [-0.2, 0) is 10.0 Å². The largest absolute Gasteiger partial charge is 0.322 e. The van der Waals surface area contributed by atoms with E-state index in [2.05, 4.69) is 10.0 Å². The number of hydrogen-bond donors (Lipinski definition) is 2. The fraction of sp³-hybridized carbons (Fsp3) is 0.235. The number of carbonyl (C=O) groups excluding carboxylic acids is 1. The maximum atomic E-state index is 12.9. The first-order valence-electron chi connectivity index (χ1n) is 7.44. The van der Waals surface area contributed by atoms with Crippen molar-refractivity contribution in [1.29, 1.82) is 0 Å². The second-order valence-corrected chi connectivity index (χ2v) is 7.50. The first-order valence-corrected chi connectivity index (χ1v) is 8.93. The Balaban J connectivity index is 2.17. The Hall–Kier alpha value is -2.25. The fourth-order valence-electron chi connectivity index (χ4n) is 1.90. The van der Waals surface area contributed by atoms with Gasteiger partial charge in [-0.1, -0.05) is 19.9 Å². The van der Waals surface area contributed by atoms with E-state index < -0.39 is 21.7 Å². The number of benzene rings is 2. The van der Waals surface area contributed by atoms with E-state index >= 15 is 0 Å². The molecular weight excluding hydrogens is 331 g/mol. The van der Waals surface area contributed by atoms with Crippen molar-refractivity contribution < 1.29 is 17.6 Å². The zero-order valence-electron chi connectivity index (χ0n) is 13.4. The van der Waals surface area contributed by atoms with Crippen LogP contribution in [0.2, 0.25) is 0 Å². The Labute approximate surface area is 141 Å². The van der Waals surface area contributed by atoms with Crippen LogP contribution >= 0.6 is 0 Å². The van der Waals surface area contributed by atoms with Crippen molar-refractivity contribution in [2.45, 2.75) is 18.7 Å². The van der Waals surface area contributed by atoms with Gasteiger partial charge in [0, 0.05) is 17.8 Å². The van der Waals surface area contributed by atoms with Gasteiger partial charge in [-0.25, -0.2) is 17.5 Å². The molecule has 0 aliphatic heterocycles. The van der Waals surface area contributed by atoms with Crippen LogP contribution in [0, 0.1) is 11.7 Å². The molecule has 0 unspecified atom stereocenters. The molecule has 0 heterocycles. The van der Waals surface area contributed by atoms with Crippen molar-refractivity contribution in [2.75, 3.05) is 11.9 Å². The van der Waals surface area contributed by atoms with Crippen LogP contribution < -0.4 is 10.0 Å². The second-order valence-electron chi connectivity index (χ2n) is 5.73. The number of nitrogens with one attached hydrogen (secondary N) is 2. The highest BCUT2D eigenvalue weighted by molar-refractivity contribution is 7.89. The zero-order valence-corrected chi connectivity index (χ0v) is 14.2. The predicted octanol–water partition coefficient (Wildman–Crippen LogP) is 3.01. The van der Waals surface area contributed by atoms with E-state index in [4.69, 9.17) is 0 Å². The van der Waals surface area contributed by atoms with Crippen molar-refractivity contribution >= 4 is 21.6 Å². The smallest absolute Gasteiger partial charge is 0.255 e. The standard InChI is InChI=1S/C17H19FN2O3S/c1-12(2)11-19-24(22,23)16-5-3-4-13(10-16)17(21)20-15-8-6-14(18)7-9-15/h3-10,12,19H,11H2,1-2H3,(H,20,21). The predicted molar refractivity (Wildman–Crippen MR) is 90.8 cm³/mol. The molecule has 2 aromatic rings. The first kappa shape index (κ1) is 18.1. The molecule has 0 radical (unpaired) electrons. The maximum absolute atomic E-state index is 12.9. The molecule has 0 aliphatic carbocycles. The van der Waals surface area contributed by atoms with E-state index in [1.165, 1.54) is 48.5 Å². The van der Waals surface area contributed by atoms with Gasteiger partial charge in [-0.2, -0.15) is 0 Å². The minimum atomic E-state index is -3.67. The van der Waals surface area contributed by atoms with Crippen LogP contribution in [0.1, 0.15) is 24.2 Å². The normalized spacial score (nSPS) is 11.5. The number of sulfonamides is 1. The maximum Gasteiger partial charge on any atom is 0.255 e. The van der Waals surface area contributed by atoms with Crippen molar-refractivity contribution in [3.05, 3.63) is 59.9 Å². The van der Waals surface area contributed by atoms with Gasteiger partial charge in [0.25, 0.3) is 5.91 Å². The minimum absolute atomic E-state index is 0.0231. The van der Waals surface area contributed by atoms with Crippen LogP contribution in [0.15, 0.2) is 53.4 Å². The van der Waals surface area contributed by atoms with Crippen LogP contribution in [-0.4, -0.2) is 20.9 Å². The van der Waals surface area contributed by atoms with E-state index in [0.29, 0.717) is 12.2 Å². The summed E-state index contributed by atoms with van der Waals surface area (Å²) in [6.45, 7) is 4.11. The minimum Gasteiger partial charge on any atom is -0.322 e. The lowest BCUT2D eigenvalue weighted by Gasteiger charge is -2.10. The van der Waals surface area contributed by atoms with Gasteiger partial charge in [0.15, 0.2) is 0 Å². The lowest BCUT2D eigenvalue weighted by Crippen LogP contribution is -2.27. The third kappa shape index (κ3) is 4.87. The molecule has 0 aromatic heterocycles. The summed E-state index contributed by atoms with van der Waals surface area (Å²) in [7, 11) is -3.67.